The number of rotatable bonds is 4. The lowest BCUT2D eigenvalue weighted by Gasteiger charge is -2.09. The van der Waals surface area contributed by atoms with E-state index in [1.807, 2.05) is 6.07 Å². The van der Waals surface area contributed by atoms with E-state index in [9.17, 15) is 9.59 Å². The van der Waals surface area contributed by atoms with Crippen LogP contribution in [0.4, 0.5) is 5.82 Å². The van der Waals surface area contributed by atoms with Crippen LogP contribution in [0.25, 0.3) is 10.9 Å². The zero-order chi connectivity index (χ0) is 18.7. The first-order chi connectivity index (χ1) is 12.4. The van der Waals surface area contributed by atoms with Crippen molar-refractivity contribution in [3.8, 4) is 0 Å². The molecule has 0 bridgehead atoms. The summed E-state index contributed by atoms with van der Waals surface area (Å²) < 4.78 is 5.11. The fourth-order valence-electron chi connectivity index (χ4n) is 2.36. The minimum Gasteiger partial charge on any atom is -0.452 e. The van der Waals surface area contributed by atoms with Gasteiger partial charge in [-0.15, -0.1) is 0 Å². The average molecular weight is 390 g/mol. The van der Waals surface area contributed by atoms with Gasteiger partial charge >= 0.3 is 5.97 Å². The molecule has 0 aliphatic rings. The first-order valence-electron chi connectivity index (χ1n) is 7.58. The van der Waals surface area contributed by atoms with Gasteiger partial charge in [-0.1, -0.05) is 41.4 Å². The second-order valence-corrected chi connectivity index (χ2v) is 6.28. The van der Waals surface area contributed by atoms with Gasteiger partial charge in [-0.2, -0.15) is 0 Å². The number of carbonyl (C=O) groups excluding carboxylic acids is 2. The number of pyridine rings is 2. The summed E-state index contributed by atoms with van der Waals surface area (Å²) in [7, 11) is 0. The molecule has 26 heavy (non-hydrogen) atoms. The molecule has 0 unspecified atom stereocenters. The van der Waals surface area contributed by atoms with Crippen LogP contribution < -0.4 is 5.32 Å². The summed E-state index contributed by atoms with van der Waals surface area (Å²) in [6.07, 6.45) is 1.35. The molecule has 0 fully saturated rings. The van der Waals surface area contributed by atoms with E-state index in [1.165, 1.54) is 12.3 Å². The Morgan fingerprint density at radius 2 is 1.96 bits per heavy atom. The minimum absolute atomic E-state index is 0.141. The van der Waals surface area contributed by atoms with Crippen LogP contribution in [0.3, 0.4) is 0 Å². The van der Waals surface area contributed by atoms with Crippen molar-refractivity contribution in [3.63, 3.8) is 0 Å². The van der Waals surface area contributed by atoms with Crippen LogP contribution >= 0.6 is 23.2 Å². The number of hydrogen-bond acceptors (Lipinski definition) is 5. The van der Waals surface area contributed by atoms with Gasteiger partial charge in [-0.3, -0.25) is 9.78 Å². The van der Waals surface area contributed by atoms with Crippen molar-refractivity contribution >= 4 is 51.8 Å². The Labute approximate surface area is 159 Å². The van der Waals surface area contributed by atoms with E-state index in [2.05, 4.69) is 15.3 Å². The van der Waals surface area contributed by atoms with E-state index in [-0.39, 0.29) is 10.8 Å². The van der Waals surface area contributed by atoms with Gasteiger partial charge in [0.2, 0.25) is 0 Å². The molecule has 8 heteroatoms. The van der Waals surface area contributed by atoms with E-state index < -0.39 is 18.5 Å². The Kier molecular flexibility index (Phi) is 5.35. The molecule has 1 aromatic carbocycles. The van der Waals surface area contributed by atoms with Crippen molar-refractivity contribution < 1.29 is 14.3 Å². The van der Waals surface area contributed by atoms with E-state index in [1.54, 1.807) is 31.2 Å². The number of aromatic nitrogens is 2. The maximum absolute atomic E-state index is 12.4. The van der Waals surface area contributed by atoms with Crippen LogP contribution in [0, 0.1) is 6.92 Å². The first kappa shape index (κ1) is 18.1. The molecule has 0 radical (unpaired) electrons. The molecular weight excluding hydrogens is 377 g/mol. The number of carbonyl (C=O) groups is 2. The summed E-state index contributed by atoms with van der Waals surface area (Å²) in [4.78, 5) is 32.7. The van der Waals surface area contributed by atoms with Crippen molar-refractivity contribution in [2.45, 2.75) is 6.92 Å². The number of aryl methyl sites for hydroxylation is 1. The summed E-state index contributed by atoms with van der Waals surface area (Å²) in [6.45, 7) is 1.30. The van der Waals surface area contributed by atoms with Gasteiger partial charge < -0.3 is 10.1 Å². The monoisotopic (exact) mass is 389 g/mol. The number of amides is 1. The lowest BCUT2D eigenvalue weighted by atomic mass is 10.1. The molecule has 1 N–H and O–H groups in total. The van der Waals surface area contributed by atoms with E-state index in [0.717, 1.165) is 0 Å². The number of anilines is 1. The second-order valence-electron chi connectivity index (χ2n) is 5.44. The highest BCUT2D eigenvalue weighted by Gasteiger charge is 2.15. The highest BCUT2D eigenvalue weighted by atomic mass is 35.5. The van der Waals surface area contributed by atoms with Crippen LogP contribution in [0.1, 0.15) is 16.1 Å². The predicted octanol–water partition coefficient (Wildman–Crippen LogP) is 4.04. The molecule has 0 aliphatic carbocycles. The number of halogens is 2. The van der Waals surface area contributed by atoms with Gasteiger partial charge in [0, 0.05) is 17.3 Å². The number of esters is 1. The fraction of sp³-hybridized carbons (Fsp3) is 0.111. The van der Waals surface area contributed by atoms with E-state index in [0.29, 0.717) is 27.2 Å². The Bertz CT molecular complexity index is 1010. The van der Waals surface area contributed by atoms with Gasteiger partial charge in [-0.05, 0) is 25.1 Å². The first-order valence-corrected chi connectivity index (χ1v) is 8.34. The molecule has 132 valence electrons. The van der Waals surface area contributed by atoms with Crippen LogP contribution in [0.2, 0.25) is 10.0 Å². The molecular formula is C18H13Cl2N3O3. The predicted molar refractivity (Wildman–Crippen MR) is 99.6 cm³/mol. The Balaban J connectivity index is 1.70. The molecule has 0 saturated heterocycles. The number of nitrogens with zero attached hydrogens (tertiary/aromatic N) is 2. The van der Waals surface area contributed by atoms with Gasteiger partial charge in [0.05, 0.1) is 21.1 Å². The van der Waals surface area contributed by atoms with Crippen LogP contribution in [-0.4, -0.2) is 28.5 Å². The quantitative estimate of drug-likeness (QED) is 0.680. The molecule has 0 aliphatic heterocycles. The van der Waals surface area contributed by atoms with Crippen molar-refractivity contribution in [2.24, 2.45) is 0 Å². The van der Waals surface area contributed by atoms with Gasteiger partial charge in [0.15, 0.2) is 12.4 Å². The SMILES string of the molecule is Cc1cc(C(=O)OCC(=O)Nc2ncc(Cl)cc2Cl)c2ccccc2n1. The van der Waals surface area contributed by atoms with Gasteiger partial charge in [0.25, 0.3) is 5.91 Å². The number of benzene rings is 1. The number of nitrogens with one attached hydrogen (secondary N) is 1. The average Bonchev–Trinajstić information content (AvgIpc) is 2.61. The van der Waals surface area contributed by atoms with E-state index >= 15 is 0 Å². The third-order valence-corrected chi connectivity index (χ3v) is 3.96. The summed E-state index contributed by atoms with van der Waals surface area (Å²) in [5.74, 6) is -1.04. The third-order valence-electron chi connectivity index (χ3n) is 3.46. The molecule has 0 saturated carbocycles. The van der Waals surface area contributed by atoms with Crippen molar-refractivity contribution in [3.05, 3.63) is 63.9 Å². The molecule has 3 aromatic rings. The highest BCUT2D eigenvalue weighted by molar-refractivity contribution is 6.36. The highest BCUT2D eigenvalue weighted by Crippen LogP contribution is 2.22. The standard InChI is InChI=1S/C18H13Cl2N3O3/c1-10-6-13(12-4-2-3-5-15(12)22-10)18(25)26-9-16(24)23-17-14(20)7-11(19)8-21-17/h2-8H,9H2,1H3,(H,21,23,24). The lowest BCUT2D eigenvalue weighted by Crippen LogP contribution is -2.21. The maximum atomic E-state index is 12.4. The number of hydrogen-bond donors (Lipinski definition) is 1. The summed E-state index contributed by atoms with van der Waals surface area (Å²) in [6, 6.07) is 10.3. The molecule has 0 atom stereocenters. The smallest absolute Gasteiger partial charge is 0.339 e. The Hall–Kier alpha value is -2.70. The van der Waals surface area contributed by atoms with Crippen molar-refractivity contribution in [2.75, 3.05) is 11.9 Å². The zero-order valence-corrected chi connectivity index (χ0v) is 15.1. The molecule has 2 aromatic heterocycles. The molecule has 3 rings (SSSR count). The molecule has 1 amide bonds. The Morgan fingerprint density at radius 1 is 1.19 bits per heavy atom. The summed E-state index contributed by atoms with van der Waals surface area (Å²) >= 11 is 11.7. The second kappa shape index (κ2) is 7.68. The molecule has 0 spiro atoms. The fourth-order valence-corrected chi connectivity index (χ4v) is 2.79. The number of para-hydroxylation sites is 1. The normalized spacial score (nSPS) is 10.6. The van der Waals surface area contributed by atoms with Crippen LogP contribution in [0.15, 0.2) is 42.6 Å². The van der Waals surface area contributed by atoms with Crippen LogP contribution in [-0.2, 0) is 9.53 Å². The van der Waals surface area contributed by atoms with Gasteiger partial charge in [0.1, 0.15) is 0 Å². The lowest BCUT2D eigenvalue weighted by molar-refractivity contribution is -0.119. The molecule has 6 nitrogen and oxygen atoms in total. The van der Waals surface area contributed by atoms with E-state index in [4.69, 9.17) is 27.9 Å². The summed E-state index contributed by atoms with van der Waals surface area (Å²) in [5.41, 5.74) is 1.71. The zero-order valence-electron chi connectivity index (χ0n) is 13.6. The third kappa shape index (κ3) is 4.09. The maximum Gasteiger partial charge on any atom is 0.339 e. The summed E-state index contributed by atoms with van der Waals surface area (Å²) in [5, 5.41) is 3.66. The topological polar surface area (TPSA) is 81.2 Å². The van der Waals surface area contributed by atoms with Crippen LogP contribution in [0.5, 0.6) is 0 Å². The van der Waals surface area contributed by atoms with Crippen molar-refractivity contribution in [1.29, 1.82) is 0 Å². The molecule has 2 heterocycles. The van der Waals surface area contributed by atoms with Crippen molar-refractivity contribution in [1.82, 2.24) is 9.97 Å². The number of ether oxygens (including phenoxy) is 1. The Morgan fingerprint density at radius 3 is 2.73 bits per heavy atom. The number of fused-ring (bicyclic) bond motifs is 1. The van der Waals surface area contributed by atoms with Gasteiger partial charge in [-0.25, -0.2) is 9.78 Å². The minimum atomic E-state index is -0.614. The largest absolute Gasteiger partial charge is 0.452 e.